The maximum Gasteiger partial charge on any atom is 0.408 e. The number of carbonyl (C=O) groups excluding carboxylic acids is 1. The predicted octanol–water partition coefficient (Wildman–Crippen LogP) is 6.24. The van der Waals surface area contributed by atoms with Crippen molar-refractivity contribution in [1.29, 1.82) is 0 Å². The molecular formula is C25H25ClF3N3O2S. The van der Waals surface area contributed by atoms with Crippen molar-refractivity contribution in [2.75, 3.05) is 6.54 Å². The Morgan fingerprint density at radius 1 is 1.23 bits per heavy atom. The van der Waals surface area contributed by atoms with Gasteiger partial charge < -0.3 is 4.90 Å². The molecule has 0 N–H and O–H groups in total. The predicted molar refractivity (Wildman–Crippen MR) is 132 cm³/mol. The number of nitrogens with zero attached hydrogens (tertiary/aromatic N) is 3. The summed E-state index contributed by atoms with van der Waals surface area (Å²) in [4.78, 5) is 32.5. The second-order valence-electron chi connectivity index (χ2n) is 8.51. The highest BCUT2D eigenvalue weighted by molar-refractivity contribution is 8.00. The number of alkyl halides is 3. The molecule has 0 radical (unpaired) electrons. The third kappa shape index (κ3) is 5.51. The van der Waals surface area contributed by atoms with E-state index in [-0.39, 0.29) is 23.7 Å². The fourth-order valence-electron chi connectivity index (χ4n) is 4.34. The van der Waals surface area contributed by atoms with E-state index in [1.54, 1.807) is 48.5 Å². The lowest BCUT2D eigenvalue weighted by molar-refractivity contribution is -0.182. The van der Waals surface area contributed by atoms with Crippen LogP contribution in [0.3, 0.4) is 0 Å². The largest absolute Gasteiger partial charge is 0.408 e. The number of unbranched alkanes of at least 4 members (excludes halogenated alkanes) is 1. The van der Waals surface area contributed by atoms with Crippen LogP contribution in [0, 0.1) is 0 Å². The first kappa shape index (κ1) is 25.6. The molecule has 1 amide bonds. The van der Waals surface area contributed by atoms with Crippen molar-refractivity contribution in [3.05, 3.63) is 63.9 Å². The SMILES string of the molecule is CCCCC(Sc1nc2ccccc2c(=O)n1-c1cccc(Cl)c1)C(=O)N1CCC[C@@H]1C(F)(F)F. The van der Waals surface area contributed by atoms with Gasteiger partial charge in [0.1, 0.15) is 6.04 Å². The van der Waals surface area contributed by atoms with E-state index in [1.165, 1.54) is 4.57 Å². The Bertz CT molecular complexity index is 1280. The van der Waals surface area contributed by atoms with E-state index in [1.807, 2.05) is 6.92 Å². The number of amides is 1. The summed E-state index contributed by atoms with van der Waals surface area (Å²) in [6.45, 7) is 2.02. The van der Waals surface area contributed by atoms with Gasteiger partial charge in [-0.25, -0.2) is 4.98 Å². The molecule has 0 saturated carbocycles. The minimum absolute atomic E-state index is 0.0679. The number of fused-ring (bicyclic) bond motifs is 1. The van der Waals surface area contributed by atoms with Gasteiger partial charge in [-0.3, -0.25) is 14.2 Å². The topological polar surface area (TPSA) is 55.2 Å². The molecule has 1 aliphatic rings. The molecule has 3 aromatic rings. The summed E-state index contributed by atoms with van der Waals surface area (Å²) < 4.78 is 42.2. The average molecular weight is 524 g/mol. The van der Waals surface area contributed by atoms with E-state index in [0.29, 0.717) is 40.9 Å². The van der Waals surface area contributed by atoms with Crippen LogP contribution in [0.15, 0.2) is 58.5 Å². The fraction of sp³-hybridized carbons (Fsp3) is 0.400. The molecule has 35 heavy (non-hydrogen) atoms. The molecule has 1 unspecified atom stereocenters. The Morgan fingerprint density at radius 3 is 2.71 bits per heavy atom. The monoisotopic (exact) mass is 523 g/mol. The first-order valence-corrected chi connectivity index (χ1v) is 12.8. The summed E-state index contributed by atoms with van der Waals surface area (Å²) in [5, 5.41) is 0.247. The average Bonchev–Trinajstić information content (AvgIpc) is 3.32. The number of benzene rings is 2. The van der Waals surface area contributed by atoms with Crippen LogP contribution in [0.5, 0.6) is 0 Å². The van der Waals surface area contributed by atoms with E-state index in [2.05, 4.69) is 4.98 Å². The summed E-state index contributed by atoms with van der Waals surface area (Å²) in [6, 6.07) is 11.8. The number of aromatic nitrogens is 2. The fourth-order valence-corrected chi connectivity index (χ4v) is 5.74. The van der Waals surface area contributed by atoms with Crippen molar-refractivity contribution in [2.45, 2.75) is 61.7 Å². The van der Waals surface area contributed by atoms with Crippen molar-refractivity contribution in [2.24, 2.45) is 0 Å². The van der Waals surface area contributed by atoms with Gasteiger partial charge in [0.05, 0.1) is 21.8 Å². The van der Waals surface area contributed by atoms with Gasteiger partial charge in [-0.2, -0.15) is 13.2 Å². The second-order valence-corrected chi connectivity index (χ2v) is 10.1. The van der Waals surface area contributed by atoms with Gasteiger partial charge in [-0.15, -0.1) is 0 Å². The summed E-state index contributed by atoms with van der Waals surface area (Å²) >= 11 is 7.22. The smallest absolute Gasteiger partial charge is 0.330 e. The standard InChI is InChI=1S/C25H25ClF3N3O2S/c1-2-3-12-20(23(34)31-14-7-13-21(31)25(27,28)29)35-24-30-19-11-5-4-10-18(19)22(33)32(24)17-9-6-8-16(26)15-17/h4-6,8-11,15,20-21H,2-3,7,12-14H2,1H3/t20?,21-/m1/s1. The number of para-hydroxylation sites is 1. The van der Waals surface area contributed by atoms with Gasteiger partial charge in [0.25, 0.3) is 5.56 Å². The van der Waals surface area contributed by atoms with Crippen LogP contribution in [0.4, 0.5) is 13.2 Å². The Labute approximate surface area is 210 Å². The molecule has 10 heteroatoms. The van der Waals surface area contributed by atoms with Gasteiger partial charge in [-0.1, -0.05) is 61.3 Å². The van der Waals surface area contributed by atoms with Crippen LogP contribution in [-0.2, 0) is 4.79 Å². The Hall–Kier alpha value is -2.52. The van der Waals surface area contributed by atoms with Gasteiger partial charge in [-0.05, 0) is 49.6 Å². The molecule has 2 aromatic carbocycles. The first-order valence-electron chi connectivity index (χ1n) is 11.5. The van der Waals surface area contributed by atoms with Crippen molar-refractivity contribution in [1.82, 2.24) is 14.5 Å². The summed E-state index contributed by atoms with van der Waals surface area (Å²) in [7, 11) is 0. The molecule has 4 rings (SSSR count). The lowest BCUT2D eigenvalue weighted by Gasteiger charge is -2.30. The van der Waals surface area contributed by atoms with E-state index in [9.17, 15) is 22.8 Å². The number of carbonyl (C=O) groups is 1. The second kappa shape index (κ2) is 10.6. The minimum Gasteiger partial charge on any atom is -0.330 e. The molecule has 1 aromatic heterocycles. The van der Waals surface area contributed by atoms with Crippen LogP contribution in [0.25, 0.3) is 16.6 Å². The zero-order chi connectivity index (χ0) is 25.2. The van der Waals surface area contributed by atoms with Crippen LogP contribution < -0.4 is 5.56 Å². The molecule has 1 fully saturated rings. The molecule has 2 heterocycles. The van der Waals surface area contributed by atoms with E-state index >= 15 is 0 Å². The maximum atomic E-state index is 13.6. The zero-order valence-corrected chi connectivity index (χ0v) is 20.7. The molecular weight excluding hydrogens is 499 g/mol. The maximum absolute atomic E-state index is 13.6. The lowest BCUT2D eigenvalue weighted by Crippen LogP contribution is -2.47. The van der Waals surface area contributed by atoms with Crippen LogP contribution in [0.2, 0.25) is 5.02 Å². The highest BCUT2D eigenvalue weighted by Crippen LogP contribution is 2.36. The molecule has 1 saturated heterocycles. The molecule has 0 bridgehead atoms. The van der Waals surface area contributed by atoms with Gasteiger partial charge in [0.15, 0.2) is 5.16 Å². The Kier molecular flexibility index (Phi) is 7.76. The molecule has 0 aliphatic carbocycles. The van der Waals surface area contributed by atoms with Gasteiger partial charge in [0, 0.05) is 11.6 Å². The van der Waals surface area contributed by atoms with Crippen molar-refractivity contribution in [3.63, 3.8) is 0 Å². The number of halogens is 4. The molecule has 186 valence electrons. The normalized spacial score (nSPS) is 17.2. The van der Waals surface area contributed by atoms with E-state index in [4.69, 9.17) is 11.6 Å². The first-order chi connectivity index (χ1) is 16.7. The number of hydrogen-bond acceptors (Lipinski definition) is 4. The van der Waals surface area contributed by atoms with E-state index < -0.39 is 23.4 Å². The number of rotatable bonds is 7. The highest BCUT2D eigenvalue weighted by atomic mass is 35.5. The Morgan fingerprint density at radius 2 is 2.00 bits per heavy atom. The molecule has 1 aliphatic heterocycles. The van der Waals surface area contributed by atoms with Crippen LogP contribution in [0.1, 0.15) is 39.0 Å². The third-order valence-corrected chi connectivity index (χ3v) is 7.51. The summed E-state index contributed by atoms with van der Waals surface area (Å²) in [5.41, 5.74) is 0.588. The quantitative estimate of drug-likeness (QED) is 0.271. The minimum atomic E-state index is -4.48. The molecule has 0 spiro atoms. The van der Waals surface area contributed by atoms with Crippen molar-refractivity contribution >= 4 is 40.2 Å². The van der Waals surface area contributed by atoms with Gasteiger partial charge in [0.2, 0.25) is 5.91 Å². The number of hydrogen-bond donors (Lipinski definition) is 0. The summed E-state index contributed by atoms with van der Waals surface area (Å²) in [5.74, 6) is -0.566. The van der Waals surface area contributed by atoms with Crippen LogP contribution in [-0.4, -0.2) is 44.4 Å². The van der Waals surface area contributed by atoms with Gasteiger partial charge >= 0.3 is 6.18 Å². The third-order valence-electron chi connectivity index (χ3n) is 6.07. The van der Waals surface area contributed by atoms with E-state index in [0.717, 1.165) is 23.1 Å². The number of thioether (sulfide) groups is 1. The van der Waals surface area contributed by atoms with Crippen molar-refractivity contribution < 1.29 is 18.0 Å². The molecule has 5 nitrogen and oxygen atoms in total. The summed E-state index contributed by atoms with van der Waals surface area (Å²) in [6.07, 6.45) is -2.46. The van der Waals surface area contributed by atoms with Crippen LogP contribution >= 0.6 is 23.4 Å². The molecule has 2 atom stereocenters. The lowest BCUT2D eigenvalue weighted by atomic mass is 10.1. The van der Waals surface area contributed by atoms with Crippen molar-refractivity contribution in [3.8, 4) is 5.69 Å². The Balaban J connectivity index is 1.79. The highest BCUT2D eigenvalue weighted by Gasteiger charge is 2.48. The zero-order valence-electron chi connectivity index (χ0n) is 19.1. The number of likely N-dealkylation sites (tertiary alicyclic amines) is 1.